The number of nitrogens with two attached hydrogens (primary N) is 2. The lowest BCUT2D eigenvalue weighted by molar-refractivity contribution is 0.0995. The van der Waals surface area contributed by atoms with Gasteiger partial charge in [-0.15, -0.1) is 0 Å². The highest BCUT2D eigenvalue weighted by molar-refractivity contribution is 5.96. The van der Waals surface area contributed by atoms with Gasteiger partial charge in [0.2, 0.25) is 0 Å². The largest absolute Gasteiger partial charge is 0.493 e. The molecule has 0 unspecified atom stereocenters. The molecule has 0 spiro atoms. The lowest BCUT2D eigenvalue weighted by Gasteiger charge is -2.10. The summed E-state index contributed by atoms with van der Waals surface area (Å²) in [6, 6.07) is 4.78. The maximum Gasteiger partial charge on any atom is 0.252 e. The molecular weight excluding hydrogens is 220 g/mol. The summed E-state index contributed by atoms with van der Waals surface area (Å²) in [4.78, 5) is 11.1. The summed E-state index contributed by atoms with van der Waals surface area (Å²) in [7, 11) is 0. The fourth-order valence-corrected chi connectivity index (χ4v) is 1.35. The first-order valence-electron chi connectivity index (χ1n) is 5.55. The summed E-state index contributed by atoms with van der Waals surface area (Å²) < 4.78 is 10.6. The molecule has 1 aromatic carbocycles. The van der Waals surface area contributed by atoms with Gasteiger partial charge in [-0.05, 0) is 19.1 Å². The van der Waals surface area contributed by atoms with Gasteiger partial charge in [0.25, 0.3) is 5.91 Å². The third-order valence-corrected chi connectivity index (χ3v) is 2.17. The van der Waals surface area contributed by atoms with E-state index in [4.69, 9.17) is 20.9 Å². The van der Waals surface area contributed by atoms with E-state index in [2.05, 4.69) is 0 Å². The van der Waals surface area contributed by atoms with E-state index >= 15 is 0 Å². The zero-order valence-corrected chi connectivity index (χ0v) is 9.94. The summed E-state index contributed by atoms with van der Waals surface area (Å²) in [5.74, 6) is -0.0983. The molecule has 0 aromatic heterocycles. The minimum absolute atomic E-state index is 0.343. The van der Waals surface area contributed by atoms with Crippen molar-refractivity contribution >= 4 is 11.6 Å². The molecule has 0 aliphatic carbocycles. The molecule has 94 valence electrons. The van der Waals surface area contributed by atoms with E-state index in [-0.39, 0.29) is 0 Å². The van der Waals surface area contributed by atoms with Gasteiger partial charge in [-0.2, -0.15) is 0 Å². The van der Waals surface area contributed by atoms with Gasteiger partial charge < -0.3 is 20.9 Å². The fraction of sp³-hybridized carbons (Fsp3) is 0.417. The van der Waals surface area contributed by atoms with E-state index in [1.807, 2.05) is 6.92 Å². The predicted octanol–water partition coefficient (Wildman–Crippen LogP) is 1.17. The van der Waals surface area contributed by atoms with Gasteiger partial charge in [0.15, 0.2) is 0 Å². The summed E-state index contributed by atoms with van der Waals surface area (Å²) >= 11 is 0. The molecule has 0 fully saturated rings. The first kappa shape index (κ1) is 13.3. The van der Waals surface area contributed by atoms with Crippen molar-refractivity contribution in [1.82, 2.24) is 0 Å². The Morgan fingerprint density at radius 1 is 1.35 bits per heavy atom. The van der Waals surface area contributed by atoms with E-state index in [1.165, 1.54) is 0 Å². The zero-order chi connectivity index (χ0) is 12.7. The molecule has 5 heteroatoms. The smallest absolute Gasteiger partial charge is 0.252 e. The molecule has 0 aliphatic rings. The Morgan fingerprint density at radius 2 is 2.12 bits per heavy atom. The van der Waals surface area contributed by atoms with E-state index in [0.29, 0.717) is 36.8 Å². The van der Waals surface area contributed by atoms with Crippen LogP contribution in [0.25, 0.3) is 0 Å². The maximum atomic E-state index is 11.1. The number of nitrogen functional groups attached to an aromatic ring is 1. The Bertz CT molecular complexity index is 380. The zero-order valence-electron chi connectivity index (χ0n) is 9.94. The molecule has 0 atom stereocenters. The Morgan fingerprint density at radius 3 is 2.76 bits per heavy atom. The molecule has 17 heavy (non-hydrogen) atoms. The number of primary amides is 1. The van der Waals surface area contributed by atoms with Crippen molar-refractivity contribution in [3.8, 4) is 5.75 Å². The van der Waals surface area contributed by atoms with Crippen molar-refractivity contribution in [2.45, 2.75) is 13.3 Å². The van der Waals surface area contributed by atoms with E-state index in [9.17, 15) is 4.79 Å². The van der Waals surface area contributed by atoms with Gasteiger partial charge in [0, 0.05) is 31.4 Å². The van der Waals surface area contributed by atoms with Crippen molar-refractivity contribution in [1.29, 1.82) is 0 Å². The van der Waals surface area contributed by atoms with Crippen molar-refractivity contribution < 1.29 is 14.3 Å². The molecule has 1 aromatic rings. The number of hydrogen-bond donors (Lipinski definition) is 2. The lowest BCUT2D eigenvalue weighted by atomic mass is 10.1. The SMILES string of the molecule is CCOCCCOc1cc(N)ccc1C(N)=O. The van der Waals surface area contributed by atoms with Crippen molar-refractivity contribution in [3.63, 3.8) is 0 Å². The van der Waals surface area contributed by atoms with Crippen molar-refractivity contribution in [2.75, 3.05) is 25.6 Å². The van der Waals surface area contributed by atoms with Crippen LogP contribution in [0.4, 0.5) is 5.69 Å². The van der Waals surface area contributed by atoms with Crippen LogP contribution < -0.4 is 16.2 Å². The number of benzene rings is 1. The number of hydrogen-bond acceptors (Lipinski definition) is 4. The van der Waals surface area contributed by atoms with Crippen LogP contribution in [-0.2, 0) is 4.74 Å². The molecule has 0 aliphatic heterocycles. The minimum Gasteiger partial charge on any atom is -0.493 e. The number of anilines is 1. The fourth-order valence-electron chi connectivity index (χ4n) is 1.35. The first-order valence-corrected chi connectivity index (χ1v) is 5.55. The monoisotopic (exact) mass is 238 g/mol. The molecule has 1 rings (SSSR count). The van der Waals surface area contributed by atoms with Gasteiger partial charge >= 0.3 is 0 Å². The van der Waals surface area contributed by atoms with E-state index in [0.717, 1.165) is 6.42 Å². The molecular formula is C12H18N2O3. The second-order valence-corrected chi connectivity index (χ2v) is 3.52. The van der Waals surface area contributed by atoms with Crippen LogP contribution in [-0.4, -0.2) is 25.7 Å². The standard InChI is InChI=1S/C12H18N2O3/c1-2-16-6-3-7-17-11-8-9(13)4-5-10(11)12(14)15/h4-5,8H,2-3,6-7,13H2,1H3,(H2,14,15). The predicted molar refractivity (Wildman–Crippen MR) is 66.0 cm³/mol. The van der Waals surface area contributed by atoms with Crippen LogP contribution in [0, 0.1) is 0 Å². The normalized spacial score (nSPS) is 10.2. The molecule has 0 heterocycles. The first-order chi connectivity index (χ1) is 8.15. The second-order valence-electron chi connectivity index (χ2n) is 3.52. The summed E-state index contributed by atoms with van der Waals surface area (Å²) in [6.45, 7) is 3.71. The van der Waals surface area contributed by atoms with Crippen LogP contribution in [0.1, 0.15) is 23.7 Å². The van der Waals surface area contributed by atoms with Gasteiger partial charge in [0.05, 0.1) is 12.2 Å². The number of carbonyl (C=O) groups excluding carboxylic acids is 1. The molecule has 0 saturated heterocycles. The molecule has 0 saturated carbocycles. The topological polar surface area (TPSA) is 87.6 Å². The molecule has 0 radical (unpaired) electrons. The Hall–Kier alpha value is -1.75. The van der Waals surface area contributed by atoms with Crippen LogP contribution in [0.3, 0.4) is 0 Å². The van der Waals surface area contributed by atoms with Gasteiger partial charge in [-0.3, -0.25) is 4.79 Å². The highest BCUT2D eigenvalue weighted by atomic mass is 16.5. The molecule has 4 N–H and O–H groups in total. The summed E-state index contributed by atoms with van der Waals surface area (Å²) in [5.41, 5.74) is 11.7. The summed E-state index contributed by atoms with van der Waals surface area (Å²) in [5, 5.41) is 0. The van der Waals surface area contributed by atoms with Crippen LogP contribution in [0.15, 0.2) is 18.2 Å². The number of carbonyl (C=O) groups is 1. The van der Waals surface area contributed by atoms with Gasteiger partial charge in [0.1, 0.15) is 5.75 Å². The van der Waals surface area contributed by atoms with E-state index in [1.54, 1.807) is 18.2 Å². The summed E-state index contributed by atoms with van der Waals surface area (Å²) in [6.07, 6.45) is 0.751. The van der Waals surface area contributed by atoms with Crippen molar-refractivity contribution in [2.24, 2.45) is 5.73 Å². The molecule has 1 amide bonds. The average Bonchev–Trinajstić information content (AvgIpc) is 2.28. The third kappa shape index (κ3) is 4.32. The lowest BCUT2D eigenvalue weighted by Crippen LogP contribution is -2.14. The van der Waals surface area contributed by atoms with Crippen molar-refractivity contribution in [3.05, 3.63) is 23.8 Å². The van der Waals surface area contributed by atoms with E-state index < -0.39 is 5.91 Å². The Kier molecular flexibility index (Phi) is 5.29. The number of amides is 1. The maximum absolute atomic E-state index is 11.1. The van der Waals surface area contributed by atoms with Crippen LogP contribution in [0.2, 0.25) is 0 Å². The van der Waals surface area contributed by atoms with Gasteiger partial charge in [-0.1, -0.05) is 0 Å². The second kappa shape index (κ2) is 6.75. The van der Waals surface area contributed by atoms with Crippen LogP contribution >= 0.6 is 0 Å². The van der Waals surface area contributed by atoms with Crippen LogP contribution in [0.5, 0.6) is 5.75 Å². The Labute approximate surface area is 101 Å². The average molecular weight is 238 g/mol. The highest BCUT2D eigenvalue weighted by Gasteiger charge is 2.09. The molecule has 0 bridgehead atoms. The van der Waals surface area contributed by atoms with Gasteiger partial charge in [-0.25, -0.2) is 0 Å². The molecule has 5 nitrogen and oxygen atoms in total. The third-order valence-electron chi connectivity index (χ3n) is 2.17. The number of rotatable bonds is 7. The number of ether oxygens (including phenoxy) is 2. The highest BCUT2D eigenvalue weighted by Crippen LogP contribution is 2.21. The quantitative estimate of drug-likeness (QED) is 0.551. The minimum atomic E-state index is -0.523. The Balaban J connectivity index is 2.56.